The van der Waals surface area contributed by atoms with Gasteiger partial charge in [0.25, 0.3) is 0 Å². The number of rotatable bonds is 4. The van der Waals surface area contributed by atoms with Gasteiger partial charge in [-0.25, -0.2) is 0 Å². The van der Waals surface area contributed by atoms with Crippen LogP contribution < -0.4 is 5.32 Å². The summed E-state index contributed by atoms with van der Waals surface area (Å²) < 4.78 is 0. The molecule has 18 heavy (non-hydrogen) atoms. The van der Waals surface area contributed by atoms with E-state index in [-0.39, 0.29) is 5.78 Å². The molecular formula is C16H21NO. The van der Waals surface area contributed by atoms with Crippen LogP contribution in [0.5, 0.6) is 0 Å². The molecule has 0 fully saturated rings. The van der Waals surface area contributed by atoms with E-state index >= 15 is 0 Å². The highest BCUT2D eigenvalue weighted by atomic mass is 16.1. The zero-order valence-electron chi connectivity index (χ0n) is 11.1. The number of allylic oxidation sites excluding steroid dienone is 2. The van der Waals surface area contributed by atoms with E-state index < -0.39 is 0 Å². The average Bonchev–Trinajstić information content (AvgIpc) is 2.39. The van der Waals surface area contributed by atoms with E-state index in [1.807, 2.05) is 18.2 Å². The quantitative estimate of drug-likeness (QED) is 0.878. The number of hydrogen-bond acceptors (Lipinski definition) is 2. The highest BCUT2D eigenvalue weighted by Crippen LogP contribution is 2.30. The van der Waals surface area contributed by atoms with Crippen LogP contribution in [0, 0.1) is 0 Å². The second-order valence-corrected chi connectivity index (χ2v) is 5.11. The van der Waals surface area contributed by atoms with E-state index in [0.717, 1.165) is 18.5 Å². The van der Waals surface area contributed by atoms with Crippen LogP contribution in [0.25, 0.3) is 0 Å². The molecule has 96 valence electrons. The molecule has 2 nitrogen and oxygen atoms in total. The van der Waals surface area contributed by atoms with Crippen molar-refractivity contribution in [2.24, 2.45) is 0 Å². The molecule has 0 heterocycles. The van der Waals surface area contributed by atoms with Gasteiger partial charge in [-0.2, -0.15) is 0 Å². The number of nitrogens with one attached hydrogen (secondary N) is 1. The summed E-state index contributed by atoms with van der Waals surface area (Å²) in [6.45, 7) is 4.30. The molecule has 2 unspecified atom stereocenters. The first-order chi connectivity index (χ1) is 8.69. The topological polar surface area (TPSA) is 29.1 Å². The van der Waals surface area contributed by atoms with Gasteiger partial charge in [-0.15, -0.1) is 0 Å². The van der Waals surface area contributed by atoms with Gasteiger partial charge in [-0.3, -0.25) is 4.79 Å². The highest BCUT2D eigenvalue weighted by molar-refractivity contribution is 5.91. The third-order valence-electron chi connectivity index (χ3n) is 3.56. The molecule has 2 atom stereocenters. The second-order valence-electron chi connectivity index (χ2n) is 5.11. The minimum atomic E-state index is 0.237. The number of ketones is 1. The van der Waals surface area contributed by atoms with E-state index in [2.05, 4.69) is 31.3 Å². The van der Waals surface area contributed by atoms with Crippen molar-refractivity contribution in [3.63, 3.8) is 0 Å². The molecule has 0 spiro atoms. The SMILES string of the molecule is CCC(C)NC1=CC(=O)CC(c2ccccc2)C1. The summed E-state index contributed by atoms with van der Waals surface area (Å²) in [4.78, 5) is 11.8. The van der Waals surface area contributed by atoms with Gasteiger partial charge < -0.3 is 5.32 Å². The lowest BCUT2D eigenvalue weighted by Crippen LogP contribution is -2.28. The predicted molar refractivity (Wildman–Crippen MR) is 74.4 cm³/mol. The molecule has 0 bridgehead atoms. The van der Waals surface area contributed by atoms with Crippen LogP contribution in [0.1, 0.15) is 44.6 Å². The molecule has 0 saturated heterocycles. The Morgan fingerprint density at radius 3 is 2.67 bits per heavy atom. The number of benzene rings is 1. The van der Waals surface area contributed by atoms with E-state index in [0.29, 0.717) is 18.4 Å². The molecule has 0 radical (unpaired) electrons. The van der Waals surface area contributed by atoms with E-state index in [1.165, 1.54) is 5.56 Å². The fourth-order valence-corrected chi connectivity index (χ4v) is 2.37. The fraction of sp³-hybridized carbons (Fsp3) is 0.438. The number of carbonyl (C=O) groups excluding carboxylic acids is 1. The second kappa shape index (κ2) is 5.85. The van der Waals surface area contributed by atoms with Crippen molar-refractivity contribution < 1.29 is 4.79 Å². The predicted octanol–water partition coefficient (Wildman–Crippen LogP) is 3.41. The standard InChI is InChI=1S/C16H21NO/c1-3-12(2)17-15-9-14(10-16(18)11-15)13-7-5-4-6-8-13/h4-8,11-12,14,17H,3,9-10H2,1-2H3. The van der Waals surface area contributed by atoms with E-state index in [4.69, 9.17) is 0 Å². The largest absolute Gasteiger partial charge is 0.386 e. The van der Waals surface area contributed by atoms with Crippen molar-refractivity contribution in [3.8, 4) is 0 Å². The summed E-state index contributed by atoms with van der Waals surface area (Å²) in [5, 5.41) is 3.44. The smallest absolute Gasteiger partial charge is 0.158 e. The lowest BCUT2D eigenvalue weighted by Gasteiger charge is -2.25. The lowest BCUT2D eigenvalue weighted by molar-refractivity contribution is -0.115. The van der Waals surface area contributed by atoms with Crippen molar-refractivity contribution >= 4 is 5.78 Å². The highest BCUT2D eigenvalue weighted by Gasteiger charge is 2.22. The first-order valence-electron chi connectivity index (χ1n) is 6.74. The zero-order chi connectivity index (χ0) is 13.0. The van der Waals surface area contributed by atoms with Crippen LogP contribution in [0.3, 0.4) is 0 Å². The Balaban J connectivity index is 2.09. The molecule has 1 N–H and O–H groups in total. The Bertz CT molecular complexity index is 436. The Morgan fingerprint density at radius 2 is 2.00 bits per heavy atom. The minimum absolute atomic E-state index is 0.237. The van der Waals surface area contributed by atoms with Gasteiger partial charge >= 0.3 is 0 Å². The van der Waals surface area contributed by atoms with Gasteiger partial charge in [0, 0.05) is 24.2 Å². The van der Waals surface area contributed by atoms with E-state index in [1.54, 1.807) is 6.08 Å². The number of carbonyl (C=O) groups is 1. The molecule has 1 aliphatic rings. The third-order valence-corrected chi connectivity index (χ3v) is 3.56. The summed E-state index contributed by atoms with van der Waals surface area (Å²) in [6.07, 6.45) is 4.43. The fourth-order valence-electron chi connectivity index (χ4n) is 2.37. The molecule has 0 amide bonds. The summed E-state index contributed by atoms with van der Waals surface area (Å²) in [6, 6.07) is 10.8. The third kappa shape index (κ3) is 3.22. The van der Waals surface area contributed by atoms with Crippen LogP contribution in [0.15, 0.2) is 42.1 Å². The Kier molecular flexibility index (Phi) is 4.19. The van der Waals surface area contributed by atoms with Crippen molar-refractivity contribution in [3.05, 3.63) is 47.7 Å². The van der Waals surface area contributed by atoms with Crippen LogP contribution in [-0.4, -0.2) is 11.8 Å². The van der Waals surface area contributed by atoms with Crippen LogP contribution >= 0.6 is 0 Å². The zero-order valence-corrected chi connectivity index (χ0v) is 11.1. The Morgan fingerprint density at radius 1 is 1.28 bits per heavy atom. The molecule has 0 aromatic heterocycles. The maximum Gasteiger partial charge on any atom is 0.158 e. The summed E-state index contributed by atoms with van der Waals surface area (Å²) in [7, 11) is 0. The summed E-state index contributed by atoms with van der Waals surface area (Å²) in [5.74, 6) is 0.566. The minimum Gasteiger partial charge on any atom is -0.386 e. The molecule has 2 rings (SSSR count). The molecule has 1 aliphatic carbocycles. The molecular weight excluding hydrogens is 222 g/mol. The first kappa shape index (κ1) is 12.9. The Hall–Kier alpha value is -1.57. The number of hydrogen-bond donors (Lipinski definition) is 1. The van der Waals surface area contributed by atoms with Gasteiger partial charge in [-0.1, -0.05) is 37.3 Å². The molecule has 1 aromatic carbocycles. The van der Waals surface area contributed by atoms with Crippen LogP contribution in [-0.2, 0) is 4.79 Å². The summed E-state index contributed by atoms with van der Waals surface area (Å²) in [5.41, 5.74) is 2.36. The van der Waals surface area contributed by atoms with Crippen LogP contribution in [0.2, 0.25) is 0 Å². The van der Waals surface area contributed by atoms with Gasteiger partial charge in [0.15, 0.2) is 5.78 Å². The Labute approximate surface area is 109 Å². The van der Waals surface area contributed by atoms with Gasteiger partial charge in [0.1, 0.15) is 0 Å². The maximum absolute atomic E-state index is 11.8. The van der Waals surface area contributed by atoms with Crippen molar-refractivity contribution in [2.45, 2.75) is 45.1 Å². The monoisotopic (exact) mass is 243 g/mol. The van der Waals surface area contributed by atoms with Crippen molar-refractivity contribution in [1.82, 2.24) is 5.32 Å². The van der Waals surface area contributed by atoms with Crippen LogP contribution in [0.4, 0.5) is 0 Å². The van der Waals surface area contributed by atoms with Gasteiger partial charge in [0.05, 0.1) is 0 Å². The van der Waals surface area contributed by atoms with Crippen molar-refractivity contribution in [2.75, 3.05) is 0 Å². The lowest BCUT2D eigenvalue weighted by atomic mass is 9.85. The van der Waals surface area contributed by atoms with Gasteiger partial charge in [-0.05, 0) is 31.2 Å². The molecule has 0 saturated carbocycles. The molecule has 0 aliphatic heterocycles. The van der Waals surface area contributed by atoms with E-state index in [9.17, 15) is 4.79 Å². The first-order valence-corrected chi connectivity index (χ1v) is 6.74. The maximum atomic E-state index is 11.8. The average molecular weight is 243 g/mol. The molecule has 2 heteroatoms. The van der Waals surface area contributed by atoms with Gasteiger partial charge in [0.2, 0.25) is 0 Å². The summed E-state index contributed by atoms with van der Waals surface area (Å²) >= 11 is 0. The molecule has 1 aromatic rings. The van der Waals surface area contributed by atoms with Crippen molar-refractivity contribution in [1.29, 1.82) is 0 Å². The normalized spacial score (nSPS) is 21.3.